The topological polar surface area (TPSA) is 55.8 Å². The second kappa shape index (κ2) is 5.19. The van der Waals surface area contributed by atoms with E-state index >= 15 is 0 Å². The highest BCUT2D eigenvalue weighted by atomic mass is 16.5. The summed E-state index contributed by atoms with van der Waals surface area (Å²) in [6.45, 7) is 1.45. The molecule has 0 N–H and O–H groups in total. The molecule has 0 aromatic rings. The first kappa shape index (κ1) is 11.3. The van der Waals surface area contributed by atoms with Crippen molar-refractivity contribution in [2.45, 2.75) is 13.0 Å². The van der Waals surface area contributed by atoms with Gasteiger partial charge >= 0.3 is 12.1 Å². The Balaban J connectivity index is 2.60. The first-order valence-electron chi connectivity index (χ1n) is 4.50. The number of rotatable bonds is 2. The molecule has 0 aromatic heterocycles. The molecule has 15 heavy (non-hydrogen) atoms. The molecule has 82 valence electrons. The first-order valence-corrected chi connectivity index (χ1v) is 4.50. The minimum Gasteiger partial charge on any atom is -0.463 e. The summed E-state index contributed by atoms with van der Waals surface area (Å²) in [6, 6.07) is -0.300. The van der Waals surface area contributed by atoms with Crippen molar-refractivity contribution in [1.29, 1.82) is 0 Å². The first-order chi connectivity index (χ1) is 7.15. The van der Waals surface area contributed by atoms with Crippen molar-refractivity contribution in [1.82, 2.24) is 4.90 Å². The molecule has 0 radical (unpaired) electrons. The molecular weight excluding hydrogens is 198 g/mol. The Bertz CT molecular complexity index is 309. The van der Waals surface area contributed by atoms with Crippen LogP contribution < -0.4 is 0 Å². The molecule has 1 heterocycles. The maximum atomic E-state index is 11.3. The van der Waals surface area contributed by atoms with Gasteiger partial charge < -0.3 is 9.47 Å². The van der Waals surface area contributed by atoms with Crippen LogP contribution in [0.1, 0.15) is 6.92 Å². The van der Waals surface area contributed by atoms with Gasteiger partial charge in [0.25, 0.3) is 0 Å². The van der Waals surface area contributed by atoms with Gasteiger partial charge in [-0.05, 0) is 6.08 Å². The highest BCUT2D eigenvalue weighted by Crippen LogP contribution is 2.10. The molecule has 0 fully saturated rings. The third kappa shape index (κ3) is 3.12. The Labute approximate surface area is 87.9 Å². The average molecular weight is 211 g/mol. The van der Waals surface area contributed by atoms with Crippen molar-refractivity contribution in [2.24, 2.45) is 0 Å². The smallest absolute Gasteiger partial charge is 0.414 e. The standard InChI is InChI=1S/C10H13NO4/c1-8(12)15-7-9-5-3-4-6-11(9)10(13)14-2/h3-6,9H,7H2,1-2H3/t9-/m0/s1. The van der Waals surface area contributed by atoms with E-state index in [1.165, 1.54) is 18.9 Å². The fraction of sp³-hybridized carbons (Fsp3) is 0.400. The molecule has 0 saturated heterocycles. The number of nitrogens with zero attached hydrogens (tertiary/aromatic N) is 1. The van der Waals surface area contributed by atoms with E-state index in [0.717, 1.165) is 0 Å². The molecule has 1 aliphatic heterocycles. The zero-order valence-corrected chi connectivity index (χ0v) is 8.67. The molecule has 0 saturated carbocycles. The van der Waals surface area contributed by atoms with Crippen molar-refractivity contribution in [3.05, 3.63) is 24.4 Å². The molecule has 0 unspecified atom stereocenters. The Kier molecular flexibility index (Phi) is 3.91. The number of carbonyl (C=O) groups is 2. The van der Waals surface area contributed by atoms with Crippen molar-refractivity contribution in [3.8, 4) is 0 Å². The fourth-order valence-electron chi connectivity index (χ4n) is 1.18. The molecule has 1 atom stereocenters. The lowest BCUT2D eigenvalue weighted by molar-refractivity contribution is -0.141. The largest absolute Gasteiger partial charge is 0.463 e. The predicted molar refractivity (Wildman–Crippen MR) is 52.9 cm³/mol. The zero-order valence-electron chi connectivity index (χ0n) is 8.67. The van der Waals surface area contributed by atoms with E-state index < -0.39 is 6.09 Å². The number of carbonyl (C=O) groups excluding carboxylic acids is 2. The molecule has 1 amide bonds. The van der Waals surface area contributed by atoms with Crippen LogP contribution in [0.4, 0.5) is 4.79 Å². The van der Waals surface area contributed by atoms with Crippen LogP contribution in [-0.2, 0) is 14.3 Å². The van der Waals surface area contributed by atoms with Gasteiger partial charge in [0.15, 0.2) is 0 Å². The van der Waals surface area contributed by atoms with Crippen LogP contribution in [0.5, 0.6) is 0 Å². The number of hydrogen-bond acceptors (Lipinski definition) is 4. The Hall–Kier alpha value is -1.78. The summed E-state index contributed by atoms with van der Waals surface area (Å²) in [6.07, 6.45) is 6.36. The summed E-state index contributed by atoms with van der Waals surface area (Å²) in [7, 11) is 1.30. The molecule has 5 nitrogen and oxygen atoms in total. The van der Waals surface area contributed by atoms with E-state index in [4.69, 9.17) is 4.74 Å². The zero-order chi connectivity index (χ0) is 11.3. The number of esters is 1. The summed E-state index contributed by atoms with van der Waals surface area (Å²) >= 11 is 0. The molecule has 0 bridgehead atoms. The number of hydrogen-bond donors (Lipinski definition) is 0. The third-order valence-electron chi connectivity index (χ3n) is 1.89. The maximum absolute atomic E-state index is 11.3. The summed E-state index contributed by atoms with van der Waals surface area (Å²) in [5, 5.41) is 0. The maximum Gasteiger partial charge on any atom is 0.414 e. The second-order valence-electron chi connectivity index (χ2n) is 2.97. The molecule has 1 aliphatic rings. The van der Waals surface area contributed by atoms with E-state index in [2.05, 4.69) is 4.74 Å². The van der Waals surface area contributed by atoms with Gasteiger partial charge in [0.05, 0.1) is 13.2 Å². The lowest BCUT2D eigenvalue weighted by Crippen LogP contribution is -2.39. The monoisotopic (exact) mass is 211 g/mol. The summed E-state index contributed by atoms with van der Waals surface area (Å²) in [5.41, 5.74) is 0. The fourth-order valence-corrected chi connectivity index (χ4v) is 1.18. The van der Waals surface area contributed by atoms with Crippen molar-refractivity contribution >= 4 is 12.1 Å². The van der Waals surface area contributed by atoms with E-state index in [1.54, 1.807) is 24.4 Å². The average Bonchev–Trinajstić information content (AvgIpc) is 2.25. The number of amides is 1. The minimum atomic E-state index is -0.479. The lowest BCUT2D eigenvalue weighted by atomic mass is 10.2. The quantitative estimate of drug-likeness (QED) is 0.641. The van der Waals surface area contributed by atoms with Gasteiger partial charge in [-0.3, -0.25) is 9.69 Å². The summed E-state index contributed by atoms with van der Waals surface area (Å²) in [4.78, 5) is 23.3. The van der Waals surface area contributed by atoms with Gasteiger partial charge in [-0.1, -0.05) is 12.2 Å². The van der Waals surface area contributed by atoms with Crippen LogP contribution in [0.15, 0.2) is 24.4 Å². The van der Waals surface area contributed by atoms with Gasteiger partial charge in [0, 0.05) is 13.1 Å². The molecule has 1 rings (SSSR count). The highest BCUT2D eigenvalue weighted by Gasteiger charge is 2.22. The van der Waals surface area contributed by atoms with Crippen molar-refractivity contribution in [2.75, 3.05) is 13.7 Å². The summed E-state index contributed by atoms with van der Waals surface area (Å²) < 4.78 is 9.42. The highest BCUT2D eigenvalue weighted by molar-refractivity contribution is 5.70. The molecule has 5 heteroatoms. The number of methoxy groups -OCH3 is 1. The Morgan fingerprint density at radius 3 is 2.73 bits per heavy atom. The molecular formula is C10H13NO4. The van der Waals surface area contributed by atoms with Crippen LogP contribution in [-0.4, -0.2) is 36.7 Å². The molecule has 0 aromatic carbocycles. The van der Waals surface area contributed by atoms with Crippen LogP contribution in [0.25, 0.3) is 0 Å². The Morgan fingerprint density at radius 2 is 2.13 bits per heavy atom. The van der Waals surface area contributed by atoms with Crippen LogP contribution in [0.2, 0.25) is 0 Å². The van der Waals surface area contributed by atoms with Crippen LogP contribution >= 0.6 is 0 Å². The number of allylic oxidation sites excluding steroid dienone is 2. The number of ether oxygens (including phenoxy) is 2. The van der Waals surface area contributed by atoms with Crippen molar-refractivity contribution < 1.29 is 19.1 Å². The van der Waals surface area contributed by atoms with E-state index in [0.29, 0.717) is 0 Å². The molecule has 0 spiro atoms. The minimum absolute atomic E-state index is 0.130. The van der Waals surface area contributed by atoms with E-state index in [-0.39, 0.29) is 18.6 Å². The third-order valence-corrected chi connectivity index (χ3v) is 1.89. The van der Waals surface area contributed by atoms with Crippen LogP contribution in [0.3, 0.4) is 0 Å². The van der Waals surface area contributed by atoms with Gasteiger partial charge in [0.2, 0.25) is 0 Å². The second-order valence-corrected chi connectivity index (χ2v) is 2.97. The van der Waals surface area contributed by atoms with Crippen molar-refractivity contribution in [3.63, 3.8) is 0 Å². The van der Waals surface area contributed by atoms with Gasteiger partial charge in [-0.2, -0.15) is 0 Å². The Morgan fingerprint density at radius 1 is 1.40 bits per heavy atom. The molecule has 0 aliphatic carbocycles. The van der Waals surface area contributed by atoms with E-state index in [1.807, 2.05) is 0 Å². The predicted octanol–water partition coefficient (Wildman–Crippen LogP) is 1.07. The SMILES string of the molecule is COC(=O)N1C=CC=C[C@H]1COC(C)=O. The van der Waals surface area contributed by atoms with Gasteiger partial charge in [0.1, 0.15) is 6.61 Å². The van der Waals surface area contributed by atoms with E-state index in [9.17, 15) is 9.59 Å². The normalized spacial score (nSPS) is 18.8. The lowest BCUT2D eigenvalue weighted by Gasteiger charge is -2.26. The van der Waals surface area contributed by atoms with Gasteiger partial charge in [-0.25, -0.2) is 4.79 Å². The summed E-state index contributed by atoms with van der Waals surface area (Å²) in [5.74, 6) is -0.372. The van der Waals surface area contributed by atoms with Gasteiger partial charge in [-0.15, -0.1) is 0 Å². The van der Waals surface area contributed by atoms with Crippen LogP contribution in [0, 0.1) is 0 Å².